The molecule has 1 N–H and O–H groups in total. The van der Waals surface area contributed by atoms with Crippen LogP contribution in [0.4, 0.5) is 0 Å². The molecule has 2 heterocycles. The lowest BCUT2D eigenvalue weighted by molar-refractivity contribution is 0.151. The van der Waals surface area contributed by atoms with Gasteiger partial charge in [-0.25, -0.2) is 4.98 Å². The van der Waals surface area contributed by atoms with Crippen LogP contribution in [0.1, 0.15) is 17.5 Å². The van der Waals surface area contributed by atoms with E-state index >= 15 is 0 Å². The summed E-state index contributed by atoms with van der Waals surface area (Å²) in [5.74, 6) is 2.32. The summed E-state index contributed by atoms with van der Waals surface area (Å²) in [6, 6.07) is 5.55. The van der Waals surface area contributed by atoms with E-state index in [0.717, 1.165) is 17.1 Å². The highest BCUT2D eigenvalue weighted by atomic mass is 16.6. The van der Waals surface area contributed by atoms with Gasteiger partial charge in [-0.3, -0.25) is 0 Å². The zero-order valence-corrected chi connectivity index (χ0v) is 10.7. The first-order valence-electron chi connectivity index (χ1n) is 6.29. The number of ether oxygens (including phenoxy) is 2. The summed E-state index contributed by atoms with van der Waals surface area (Å²) in [4.78, 5) is 4.14. The first kappa shape index (κ1) is 12.0. The van der Waals surface area contributed by atoms with Crippen molar-refractivity contribution in [1.29, 1.82) is 0 Å². The summed E-state index contributed by atoms with van der Waals surface area (Å²) in [7, 11) is 0. The quantitative estimate of drug-likeness (QED) is 0.912. The third-order valence-corrected chi connectivity index (χ3v) is 3.24. The van der Waals surface area contributed by atoms with Crippen molar-refractivity contribution in [3.8, 4) is 11.5 Å². The Kier molecular flexibility index (Phi) is 3.13. The van der Waals surface area contributed by atoms with Gasteiger partial charge in [0.2, 0.25) is 0 Å². The van der Waals surface area contributed by atoms with E-state index in [4.69, 9.17) is 9.47 Å². The summed E-state index contributed by atoms with van der Waals surface area (Å²) in [6.45, 7) is 3.51. The van der Waals surface area contributed by atoms with Gasteiger partial charge in [-0.2, -0.15) is 0 Å². The monoisotopic (exact) mass is 260 g/mol. The fourth-order valence-electron chi connectivity index (χ4n) is 2.16. The molecule has 3 rings (SSSR count). The predicted molar refractivity (Wildman–Crippen MR) is 69.4 cm³/mol. The fourth-order valence-corrected chi connectivity index (χ4v) is 2.16. The van der Waals surface area contributed by atoms with Crippen molar-refractivity contribution >= 4 is 0 Å². The van der Waals surface area contributed by atoms with E-state index in [1.54, 1.807) is 6.20 Å². The van der Waals surface area contributed by atoms with Crippen molar-refractivity contribution in [2.45, 2.75) is 19.6 Å². The van der Waals surface area contributed by atoms with E-state index in [1.165, 1.54) is 0 Å². The molecule has 1 aliphatic heterocycles. The van der Waals surface area contributed by atoms with Gasteiger partial charge < -0.3 is 19.1 Å². The van der Waals surface area contributed by atoms with E-state index in [0.29, 0.717) is 25.5 Å². The number of aromatic nitrogens is 2. The Bertz CT molecular complexity index is 580. The minimum absolute atomic E-state index is 0.478. The number of rotatable bonds is 3. The summed E-state index contributed by atoms with van der Waals surface area (Å²) in [5, 5.41) is 10.3. The number of hydrogen-bond acceptors (Lipinski definition) is 4. The molecule has 0 saturated heterocycles. The molecule has 1 atom stereocenters. The molecule has 5 nitrogen and oxygen atoms in total. The normalized spacial score (nSPS) is 15.3. The van der Waals surface area contributed by atoms with Gasteiger partial charge in [0.15, 0.2) is 11.5 Å². The SMILES string of the molecule is Cc1nccn1CC(O)c1ccc2c(c1)OCCO2. The number of benzene rings is 1. The van der Waals surface area contributed by atoms with Crippen molar-refractivity contribution in [3.05, 3.63) is 42.0 Å². The average molecular weight is 260 g/mol. The zero-order valence-electron chi connectivity index (χ0n) is 10.7. The lowest BCUT2D eigenvalue weighted by Gasteiger charge is -2.20. The Balaban J connectivity index is 1.80. The molecule has 1 aliphatic rings. The number of hydrogen-bond donors (Lipinski definition) is 1. The molecular formula is C14H16N2O3. The molecular weight excluding hydrogens is 244 g/mol. The van der Waals surface area contributed by atoms with Gasteiger partial charge in [0, 0.05) is 12.4 Å². The van der Waals surface area contributed by atoms with Crippen molar-refractivity contribution in [2.75, 3.05) is 13.2 Å². The maximum atomic E-state index is 10.3. The Labute approximate surface area is 111 Å². The molecule has 0 fully saturated rings. The lowest BCUT2D eigenvalue weighted by atomic mass is 10.1. The van der Waals surface area contributed by atoms with Crippen molar-refractivity contribution in [2.24, 2.45) is 0 Å². The van der Waals surface area contributed by atoms with E-state index < -0.39 is 6.10 Å². The molecule has 0 amide bonds. The van der Waals surface area contributed by atoms with Gasteiger partial charge >= 0.3 is 0 Å². The highest BCUT2D eigenvalue weighted by Crippen LogP contribution is 2.32. The summed E-state index contributed by atoms with van der Waals surface area (Å²) >= 11 is 0. The second-order valence-corrected chi connectivity index (χ2v) is 4.55. The zero-order chi connectivity index (χ0) is 13.2. The van der Waals surface area contributed by atoms with Crippen LogP contribution in [-0.4, -0.2) is 27.9 Å². The Morgan fingerprint density at radius 2 is 2.11 bits per heavy atom. The molecule has 0 bridgehead atoms. The molecule has 1 unspecified atom stereocenters. The first-order valence-corrected chi connectivity index (χ1v) is 6.29. The maximum Gasteiger partial charge on any atom is 0.161 e. The molecule has 0 radical (unpaired) electrons. The fraction of sp³-hybridized carbons (Fsp3) is 0.357. The van der Waals surface area contributed by atoms with Gasteiger partial charge in [0.05, 0.1) is 12.6 Å². The molecule has 5 heteroatoms. The Morgan fingerprint density at radius 3 is 2.84 bits per heavy atom. The number of fused-ring (bicyclic) bond motifs is 1. The third kappa shape index (κ3) is 2.42. The van der Waals surface area contributed by atoms with E-state index in [-0.39, 0.29) is 0 Å². The summed E-state index contributed by atoms with van der Waals surface area (Å²) in [6.07, 6.45) is 2.99. The largest absolute Gasteiger partial charge is 0.486 e. The van der Waals surface area contributed by atoms with Crippen LogP contribution in [0.25, 0.3) is 0 Å². The smallest absolute Gasteiger partial charge is 0.161 e. The number of aliphatic hydroxyl groups excluding tert-OH is 1. The van der Waals surface area contributed by atoms with E-state index in [9.17, 15) is 5.11 Å². The molecule has 2 aromatic rings. The second kappa shape index (κ2) is 4.93. The van der Waals surface area contributed by atoms with Gasteiger partial charge in [-0.05, 0) is 24.6 Å². The van der Waals surface area contributed by atoms with Gasteiger partial charge in [0.25, 0.3) is 0 Å². The van der Waals surface area contributed by atoms with Gasteiger partial charge in [-0.1, -0.05) is 6.07 Å². The standard InChI is InChI=1S/C14H16N2O3/c1-10-15-4-5-16(10)9-12(17)11-2-3-13-14(8-11)19-7-6-18-13/h2-5,8,12,17H,6-7,9H2,1H3. The summed E-state index contributed by atoms with van der Waals surface area (Å²) in [5.41, 5.74) is 0.817. The van der Waals surface area contributed by atoms with Crippen molar-refractivity contribution in [1.82, 2.24) is 9.55 Å². The highest BCUT2D eigenvalue weighted by Gasteiger charge is 2.16. The Morgan fingerprint density at radius 1 is 1.32 bits per heavy atom. The first-order chi connectivity index (χ1) is 9.24. The minimum atomic E-state index is -0.594. The van der Waals surface area contributed by atoms with Crippen LogP contribution in [-0.2, 0) is 6.54 Å². The molecule has 1 aromatic heterocycles. The maximum absolute atomic E-state index is 10.3. The lowest BCUT2D eigenvalue weighted by Crippen LogP contribution is -2.16. The molecule has 19 heavy (non-hydrogen) atoms. The van der Waals surface area contributed by atoms with Crippen molar-refractivity contribution < 1.29 is 14.6 Å². The second-order valence-electron chi connectivity index (χ2n) is 4.55. The summed E-state index contributed by atoms with van der Waals surface area (Å²) < 4.78 is 12.9. The minimum Gasteiger partial charge on any atom is -0.486 e. The van der Waals surface area contributed by atoms with E-state index in [2.05, 4.69) is 4.98 Å². The van der Waals surface area contributed by atoms with Crippen LogP contribution in [0, 0.1) is 6.92 Å². The number of aryl methyl sites for hydroxylation is 1. The van der Waals surface area contributed by atoms with Crippen LogP contribution in [0.15, 0.2) is 30.6 Å². The third-order valence-electron chi connectivity index (χ3n) is 3.24. The van der Waals surface area contributed by atoms with Gasteiger partial charge in [0.1, 0.15) is 19.0 Å². The molecule has 0 saturated carbocycles. The molecule has 0 aliphatic carbocycles. The average Bonchev–Trinajstić information content (AvgIpc) is 2.84. The molecule has 100 valence electrons. The van der Waals surface area contributed by atoms with E-state index in [1.807, 2.05) is 35.9 Å². The van der Waals surface area contributed by atoms with Crippen LogP contribution in [0.5, 0.6) is 11.5 Å². The molecule has 0 spiro atoms. The molecule has 1 aromatic carbocycles. The van der Waals surface area contributed by atoms with Crippen LogP contribution >= 0.6 is 0 Å². The Hall–Kier alpha value is -2.01. The van der Waals surface area contributed by atoms with Crippen LogP contribution < -0.4 is 9.47 Å². The number of nitrogens with zero attached hydrogens (tertiary/aromatic N) is 2. The van der Waals surface area contributed by atoms with Crippen molar-refractivity contribution in [3.63, 3.8) is 0 Å². The predicted octanol–water partition coefficient (Wildman–Crippen LogP) is 1.70. The highest BCUT2D eigenvalue weighted by molar-refractivity contribution is 5.44. The van der Waals surface area contributed by atoms with Gasteiger partial charge in [-0.15, -0.1) is 0 Å². The van der Waals surface area contributed by atoms with Crippen LogP contribution in [0.3, 0.4) is 0 Å². The topological polar surface area (TPSA) is 56.5 Å². The number of imidazole rings is 1. The number of aliphatic hydroxyl groups is 1. The van der Waals surface area contributed by atoms with Crippen LogP contribution in [0.2, 0.25) is 0 Å².